The molecule has 0 aliphatic heterocycles. The van der Waals surface area contributed by atoms with E-state index in [0.29, 0.717) is 22.0 Å². The summed E-state index contributed by atoms with van der Waals surface area (Å²) in [6, 6.07) is 18.7. The molecule has 0 radical (unpaired) electrons. The van der Waals surface area contributed by atoms with Crippen molar-refractivity contribution in [2.45, 2.75) is 38.1 Å². The maximum Gasteiger partial charge on any atom is 0.262 e. The topological polar surface area (TPSA) is 67.4 Å². The number of hydrogen-bond donors (Lipinski definition) is 2. The molecule has 1 fully saturated rings. The van der Waals surface area contributed by atoms with Crippen LogP contribution in [0.3, 0.4) is 0 Å². The zero-order valence-corrected chi connectivity index (χ0v) is 18.0. The summed E-state index contributed by atoms with van der Waals surface area (Å²) >= 11 is 6.24. The molecule has 3 aromatic carbocycles. The smallest absolute Gasteiger partial charge is 0.262 e. The van der Waals surface area contributed by atoms with E-state index in [1.54, 1.807) is 18.2 Å². The summed E-state index contributed by atoms with van der Waals surface area (Å²) in [6.07, 6.45) is 5.46. The second-order valence-corrected chi connectivity index (χ2v) is 8.26. The van der Waals surface area contributed by atoms with Crippen LogP contribution in [0.2, 0.25) is 5.02 Å². The van der Waals surface area contributed by atoms with Crippen molar-refractivity contribution < 1.29 is 14.3 Å². The maximum absolute atomic E-state index is 12.7. The number of amides is 2. The van der Waals surface area contributed by atoms with Crippen molar-refractivity contribution in [3.63, 3.8) is 0 Å². The number of rotatable bonds is 6. The molecule has 1 aliphatic rings. The average Bonchev–Trinajstić information content (AvgIpc) is 2.79. The van der Waals surface area contributed by atoms with Crippen LogP contribution in [0, 0.1) is 0 Å². The molecule has 0 spiro atoms. The van der Waals surface area contributed by atoms with Crippen LogP contribution in [-0.2, 0) is 4.79 Å². The first-order chi connectivity index (χ1) is 15.1. The lowest BCUT2D eigenvalue weighted by atomic mass is 9.95. The van der Waals surface area contributed by atoms with Crippen LogP contribution in [0.15, 0.2) is 60.7 Å². The molecule has 0 aromatic heterocycles. The number of benzene rings is 3. The minimum absolute atomic E-state index is 0.134. The minimum atomic E-state index is -0.311. The number of carbonyl (C=O) groups is 2. The van der Waals surface area contributed by atoms with Crippen molar-refractivity contribution in [3.8, 4) is 5.75 Å². The number of anilines is 1. The second-order valence-electron chi connectivity index (χ2n) is 7.85. The molecule has 2 N–H and O–H groups in total. The minimum Gasteiger partial charge on any atom is -0.484 e. The summed E-state index contributed by atoms with van der Waals surface area (Å²) in [6.45, 7) is -0.134. The van der Waals surface area contributed by atoms with Crippen molar-refractivity contribution in [1.29, 1.82) is 0 Å². The van der Waals surface area contributed by atoms with Gasteiger partial charge in [-0.2, -0.15) is 0 Å². The van der Waals surface area contributed by atoms with Crippen LogP contribution >= 0.6 is 11.6 Å². The Balaban J connectivity index is 1.36. The first-order valence-electron chi connectivity index (χ1n) is 10.6. The molecule has 0 bridgehead atoms. The van der Waals surface area contributed by atoms with Gasteiger partial charge in [0.2, 0.25) is 0 Å². The van der Waals surface area contributed by atoms with Gasteiger partial charge >= 0.3 is 0 Å². The summed E-state index contributed by atoms with van der Waals surface area (Å²) in [7, 11) is 0. The molecule has 6 heteroatoms. The number of carbonyl (C=O) groups excluding carboxylic acids is 2. The Labute approximate surface area is 186 Å². The molecule has 5 nitrogen and oxygen atoms in total. The third-order valence-electron chi connectivity index (χ3n) is 5.53. The first-order valence-corrected chi connectivity index (χ1v) is 11.0. The Hall–Kier alpha value is -3.05. The van der Waals surface area contributed by atoms with Crippen LogP contribution in [-0.4, -0.2) is 24.5 Å². The van der Waals surface area contributed by atoms with E-state index < -0.39 is 0 Å². The molecular formula is C25H25ClN2O3. The summed E-state index contributed by atoms with van der Waals surface area (Å²) < 4.78 is 5.63. The number of nitrogens with one attached hydrogen (secondary N) is 2. The molecule has 1 aliphatic carbocycles. The molecule has 0 unspecified atom stereocenters. The SMILES string of the molecule is O=C(COc1ccc2ccccc2c1)Nc1ccc(Cl)c(C(=O)NC2CCCCC2)c1. The van der Waals surface area contributed by atoms with Crippen LogP contribution in [0.4, 0.5) is 5.69 Å². The third-order valence-corrected chi connectivity index (χ3v) is 5.86. The van der Waals surface area contributed by atoms with Crippen LogP contribution in [0.25, 0.3) is 10.8 Å². The number of hydrogen-bond acceptors (Lipinski definition) is 3. The Kier molecular flexibility index (Phi) is 6.73. The molecule has 0 heterocycles. The Morgan fingerprint density at radius 2 is 1.71 bits per heavy atom. The van der Waals surface area contributed by atoms with Crippen molar-refractivity contribution in [1.82, 2.24) is 5.32 Å². The van der Waals surface area contributed by atoms with E-state index >= 15 is 0 Å². The summed E-state index contributed by atoms with van der Waals surface area (Å²) in [5.41, 5.74) is 0.866. The van der Waals surface area contributed by atoms with Crippen LogP contribution in [0.5, 0.6) is 5.75 Å². The van der Waals surface area contributed by atoms with Gasteiger partial charge in [-0.3, -0.25) is 9.59 Å². The van der Waals surface area contributed by atoms with Gasteiger partial charge in [-0.1, -0.05) is 61.2 Å². The van der Waals surface area contributed by atoms with E-state index in [-0.39, 0.29) is 24.5 Å². The highest BCUT2D eigenvalue weighted by Crippen LogP contribution is 2.23. The van der Waals surface area contributed by atoms with Gasteiger partial charge < -0.3 is 15.4 Å². The van der Waals surface area contributed by atoms with Gasteiger partial charge in [0.15, 0.2) is 6.61 Å². The number of ether oxygens (including phenoxy) is 1. The molecule has 0 saturated heterocycles. The highest BCUT2D eigenvalue weighted by atomic mass is 35.5. The van der Waals surface area contributed by atoms with Crippen molar-refractivity contribution in [2.75, 3.05) is 11.9 Å². The predicted molar refractivity (Wildman–Crippen MR) is 124 cm³/mol. The van der Waals surface area contributed by atoms with Gasteiger partial charge in [0.05, 0.1) is 10.6 Å². The molecule has 0 atom stereocenters. The summed E-state index contributed by atoms with van der Waals surface area (Å²) in [5.74, 6) is 0.104. The van der Waals surface area contributed by atoms with Gasteiger partial charge in [0, 0.05) is 11.7 Å². The lowest BCUT2D eigenvalue weighted by Gasteiger charge is -2.23. The standard InChI is InChI=1S/C25H25ClN2O3/c26-23-13-11-20(15-22(23)25(30)28-19-8-2-1-3-9-19)27-24(29)16-31-21-12-10-17-6-4-5-7-18(17)14-21/h4-7,10-15,19H,1-3,8-9,16H2,(H,27,29)(H,28,30). The van der Waals surface area contributed by atoms with E-state index in [1.807, 2.05) is 42.5 Å². The van der Waals surface area contributed by atoms with Crippen molar-refractivity contribution >= 4 is 39.9 Å². The normalized spacial score (nSPS) is 14.2. The molecule has 1 saturated carbocycles. The fraction of sp³-hybridized carbons (Fsp3) is 0.280. The summed E-state index contributed by atoms with van der Waals surface area (Å²) in [5, 5.41) is 8.35. The predicted octanol–water partition coefficient (Wildman–Crippen LogP) is 5.57. The Morgan fingerprint density at radius 3 is 2.52 bits per heavy atom. The number of halogens is 1. The first kappa shape index (κ1) is 21.2. The molecule has 160 valence electrons. The van der Waals surface area contributed by atoms with Crippen LogP contribution < -0.4 is 15.4 Å². The largest absolute Gasteiger partial charge is 0.484 e. The van der Waals surface area contributed by atoms with E-state index in [1.165, 1.54) is 6.42 Å². The van der Waals surface area contributed by atoms with Gasteiger partial charge in [-0.15, -0.1) is 0 Å². The zero-order valence-electron chi connectivity index (χ0n) is 17.2. The fourth-order valence-corrected chi connectivity index (χ4v) is 4.09. The summed E-state index contributed by atoms with van der Waals surface area (Å²) in [4.78, 5) is 25.0. The highest BCUT2D eigenvalue weighted by Gasteiger charge is 2.19. The van der Waals surface area contributed by atoms with Gasteiger partial charge in [-0.25, -0.2) is 0 Å². The van der Waals surface area contributed by atoms with E-state index in [9.17, 15) is 9.59 Å². The van der Waals surface area contributed by atoms with Gasteiger partial charge in [0.25, 0.3) is 11.8 Å². The number of fused-ring (bicyclic) bond motifs is 1. The van der Waals surface area contributed by atoms with Crippen LogP contribution in [0.1, 0.15) is 42.5 Å². The lowest BCUT2D eigenvalue weighted by molar-refractivity contribution is -0.118. The zero-order chi connectivity index (χ0) is 21.6. The molecule has 31 heavy (non-hydrogen) atoms. The highest BCUT2D eigenvalue weighted by molar-refractivity contribution is 6.34. The molecule has 4 rings (SSSR count). The quantitative estimate of drug-likeness (QED) is 0.530. The van der Waals surface area contributed by atoms with Gasteiger partial charge in [-0.05, 0) is 53.9 Å². The van der Waals surface area contributed by atoms with Crippen molar-refractivity contribution in [3.05, 3.63) is 71.2 Å². The monoisotopic (exact) mass is 436 g/mol. The van der Waals surface area contributed by atoms with E-state index in [2.05, 4.69) is 10.6 Å². The van der Waals surface area contributed by atoms with Gasteiger partial charge in [0.1, 0.15) is 5.75 Å². The Bertz CT molecular complexity index is 1090. The van der Waals surface area contributed by atoms with E-state index in [0.717, 1.165) is 36.5 Å². The lowest BCUT2D eigenvalue weighted by Crippen LogP contribution is -2.36. The fourth-order valence-electron chi connectivity index (χ4n) is 3.89. The van der Waals surface area contributed by atoms with Crippen molar-refractivity contribution in [2.24, 2.45) is 0 Å². The average molecular weight is 437 g/mol. The maximum atomic E-state index is 12.7. The molecular weight excluding hydrogens is 412 g/mol. The van der Waals surface area contributed by atoms with E-state index in [4.69, 9.17) is 16.3 Å². The third kappa shape index (κ3) is 5.56. The second kappa shape index (κ2) is 9.84. The Morgan fingerprint density at radius 1 is 0.935 bits per heavy atom. The molecule has 3 aromatic rings. The molecule has 2 amide bonds.